The number of ether oxygens (including phenoxy) is 1. The molecule has 0 amide bonds. The Bertz CT molecular complexity index is 360. The number of likely N-dealkylation sites (N-methyl/N-ethyl adjacent to an activating group) is 1. The Morgan fingerprint density at radius 1 is 1.26 bits per heavy atom. The van der Waals surface area contributed by atoms with Gasteiger partial charge in [-0.1, -0.05) is 38.1 Å². The van der Waals surface area contributed by atoms with E-state index in [0.717, 1.165) is 37.5 Å². The largest absolute Gasteiger partial charge is 0.375 e. The SMILES string of the molecule is CCNC(Cc1ccc(CC)cc1)C1CSCCO1. The third-order valence-electron chi connectivity index (χ3n) is 3.64. The zero-order valence-electron chi connectivity index (χ0n) is 12.0. The van der Waals surface area contributed by atoms with E-state index in [-0.39, 0.29) is 0 Å². The first-order chi connectivity index (χ1) is 9.33. The van der Waals surface area contributed by atoms with Crippen LogP contribution in [0.5, 0.6) is 0 Å². The summed E-state index contributed by atoms with van der Waals surface area (Å²) in [5, 5.41) is 3.59. The highest BCUT2D eigenvalue weighted by molar-refractivity contribution is 7.99. The minimum Gasteiger partial charge on any atom is -0.375 e. The molecule has 1 aliphatic heterocycles. The minimum atomic E-state index is 0.351. The van der Waals surface area contributed by atoms with Crippen molar-refractivity contribution >= 4 is 11.8 Å². The zero-order chi connectivity index (χ0) is 13.5. The Hall–Kier alpha value is -0.510. The normalized spacial score (nSPS) is 21.3. The monoisotopic (exact) mass is 279 g/mol. The molecule has 0 spiro atoms. The first-order valence-corrected chi connectivity index (χ1v) is 8.49. The van der Waals surface area contributed by atoms with E-state index in [9.17, 15) is 0 Å². The molecule has 1 fully saturated rings. The van der Waals surface area contributed by atoms with Gasteiger partial charge in [-0.3, -0.25) is 0 Å². The van der Waals surface area contributed by atoms with Crippen molar-refractivity contribution in [3.8, 4) is 0 Å². The number of hydrogen-bond donors (Lipinski definition) is 1. The standard InChI is InChI=1S/C16H25NOS/c1-3-13-5-7-14(8-6-13)11-15(17-4-2)16-12-19-10-9-18-16/h5-8,15-17H,3-4,9-12H2,1-2H3. The highest BCUT2D eigenvalue weighted by Crippen LogP contribution is 2.18. The molecule has 0 saturated carbocycles. The molecular formula is C16H25NOS. The van der Waals surface area contributed by atoms with E-state index in [1.807, 2.05) is 11.8 Å². The third kappa shape index (κ3) is 4.51. The lowest BCUT2D eigenvalue weighted by molar-refractivity contribution is 0.0476. The van der Waals surface area contributed by atoms with Crippen molar-refractivity contribution in [2.75, 3.05) is 24.7 Å². The predicted molar refractivity (Wildman–Crippen MR) is 84.1 cm³/mol. The fourth-order valence-electron chi connectivity index (χ4n) is 2.50. The average molecular weight is 279 g/mol. The molecule has 2 unspecified atom stereocenters. The van der Waals surface area contributed by atoms with Gasteiger partial charge in [0, 0.05) is 17.5 Å². The van der Waals surface area contributed by atoms with E-state index in [0.29, 0.717) is 12.1 Å². The van der Waals surface area contributed by atoms with Crippen molar-refractivity contribution in [2.24, 2.45) is 0 Å². The van der Waals surface area contributed by atoms with Gasteiger partial charge in [0.2, 0.25) is 0 Å². The smallest absolute Gasteiger partial charge is 0.0821 e. The third-order valence-corrected chi connectivity index (χ3v) is 4.66. The number of benzene rings is 1. The molecule has 106 valence electrons. The summed E-state index contributed by atoms with van der Waals surface area (Å²) in [6.45, 7) is 6.26. The van der Waals surface area contributed by atoms with Crippen molar-refractivity contribution in [3.63, 3.8) is 0 Å². The number of hydrogen-bond acceptors (Lipinski definition) is 3. The molecule has 1 heterocycles. The van der Waals surface area contributed by atoms with Gasteiger partial charge in [0.25, 0.3) is 0 Å². The van der Waals surface area contributed by atoms with Crippen molar-refractivity contribution in [1.29, 1.82) is 0 Å². The van der Waals surface area contributed by atoms with Gasteiger partial charge in [0.05, 0.1) is 12.7 Å². The average Bonchev–Trinajstić information content (AvgIpc) is 2.48. The first-order valence-electron chi connectivity index (χ1n) is 7.34. The minimum absolute atomic E-state index is 0.351. The van der Waals surface area contributed by atoms with Crippen molar-refractivity contribution in [3.05, 3.63) is 35.4 Å². The van der Waals surface area contributed by atoms with E-state index >= 15 is 0 Å². The fraction of sp³-hybridized carbons (Fsp3) is 0.625. The van der Waals surface area contributed by atoms with Crippen LogP contribution in [0.1, 0.15) is 25.0 Å². The first kappa shape index (κ1) is 14.9. The summed E-state index contributed by atoms with van der Waals surface area (Å²) in [6, 6.07) is 9.45. The second kappa shape index (κ2) is 7.93. The van der Waals surface area contributed by atoms with Crippen molar-refractivity contribution in [1.82, 2.24) is 5.32 Å². The molecular weight excluding hydrogens is 254 g/mol. The Kier molecular flexibility index (Phi) is 6.21. The molecule has 1 saturated heterocycles. The number of thioether (sulfide) groups is 1. The molecule has 0 radical (unpaired) electrons. The van der Waals surface area contributed by atoms with Gasteiger partial charge in [-0.25, -0.2) is 0 Å². The Labute approximate surface area is 121 Å². The molecule has 3 heteroatoms. The molecule has 1 N–H and O–H groups in total. The van der Waals surface area contributed by atoms with Crippen LogP contribution in [0.15, 0.2) is 24.3 Å². The molecule has 2 atom stereocenters. The second-order valence-electron chi connectivity index (χ2n) is 5.02. The van der Waals surface area contributed by atoms with E-state index in [2.05, 4.69) is 43.4 Å². The summed E-state index contributed by atoms with van der Waals surface area (Å²) in [5.41, 5.74) is 2.82. The summed E-state index contributed by atoms with van der Waals surface area (Å²) in [6.07, 6.45) is 2.52. The molecule has 2 nitrogen and oxygen atoms in total. The predicted octanol–water partition coefficient (Wildman–Crippen LogP) is 2.90. The highest BCUT2D eigenvalue weighted by atomic mass is 32.2. The van der Waals surface area contributed by atoms with Crippen LogP contribution in [0.2, 0.25) is 0 Å². The fourth-order valence-corrected chi connectivity index (χ4v) is 3.44. The molecule has 2 rings (SSSR count). The molecule has 1 aromatic carbocycles. The Morgan fingerprint density at radius 3 is 2.58 bits per heavy atom. The van der Waals surface area contributed by atoms with Crippen LogP contribution < -0.4 is 5.32 Å². The Morgan fingerprint density at radius 2 is 2.00 bits per heavy atom. The lowest BCUT2D eigenvalue weighted by atomic mass is 10.00. The van der Waals surface area contributed by atoms with Gasteiger partial charge < -0.3 is 10.1 Å². The summed E-state index contributed by atoms with van der Waals surface area (Å²) in [5.74, 6) is 2.26. The number of rotatable bonds is 6. The van der Waals surface area contributed by atoms with E-state index in [1.165, 1.54) is 11.1 Å². The molecule has 0 aromatic heterocycles. The topological polar surface area (TPSA) is 21.3 Å². The van der Waals surface area contributed by atoms with Gasteiger partial charge in [0.1, 0.15) is 0 Å². The summed E-state index contributed by atoms with van der Waals surface area (Å²) < 4.78 is 5.93. The molecule has 0 bridgehead atoms. The van der Waals surface area contributed by atoms with E-state index in [4.69, 9.17) is 4.74 Å². The van der Waals surface area contributed by atoms with Gasteiger partial charge in [-0.15, -0.1) is 0 Å². The van der Waals surface area contributed by atoms with Crippen LogP contribution >= 0.6 is 11.8 Å². The number of aryl methyl sites for hydroxylation is 1. The maximum absolute atomic E-state index is 5.93. The maximum Gasteiger partial charge on any atom is 0.0821 e. The lowest BCUT2D eigenvalue weighted by Crippen LogP contribution is -2.46. The number of nitrogens with one attached hydrogen (secondary N) is 1. The van der Waals surface area contributed by atoms with Crippen molar-refractivity contribution in [2.45, 2.75) is 38.8 Å². The molecule has 1 aliphatic rings. The molecule has 1 aromatic rings. The van der Waals surface area contributed by atoms with Gasteiger partial charge in [-0.2, -0.15) is 11.8 Å². The second-order valence-corrected chi connectivity index (χ2v) is 6.17. The Balaban J connectivity index is 1.97. The van der Waals surface area contributed by atoms with Crippen LogP contribution in [-0.4, -0.2) is 36.8 Å². The van der Waals surface area contributed by atoms with E-state index in [1.54, 1.807) is 0 Å². The van der Waals surface area contributed by atoms with Crippen LogP contribution in [0.3, 0.4) is 0 Å². The summed E-state index contributed by atoms with van der Waals surface area (Å²) >= 11 is 2.01. The highest BCUT2D eigenvalue weighted by Gasteiger charge is 2.24. The van der Waals surface area contributed by atoms with Gasteiger partial charge in [0.15, 0.2) is 0 Å². The van der Waals surface area contributed by atoms with Crippen molar-refractivity contribution < 1.29 is 4.74 Å². The summed E-state index contributed by atoms with van der Waals surface area (Å²) in [4.78, 5) is 0. The van der Waals surface area contributed by atoms with E-state index < -0.39 is 0 Å². The zero-order valence-corrected chi connectivity index (χ0v) is 12.8. The maximum atomic E-state index is 5.93. The van der Waals surface area contributed by atoms with Gasteiger partial charge >= 0.3 is 0 Å². The molecule has 0 aliphatic carbocycles. The molecule has 19 heavy (non-hydrogen) atoms. The summed E-state index contributed by atoms with van der Waals surface area (Å²) in [7, 11) is 0. The lowest BCUT2D eigenvalue weighted by Gasteiger charge is -2.31. The van der Waals surface area contributed by atoms with Gasteiger partial charge in [-0.05, 0) is 30.5 Å². The van der Waals surface area contributed by atoms with Crippen LogP contribution in [-0.2, 0) is 17.6 Å². The van der Waals surface area contributed by atoms with Crippen LogP contribution in [0, 0.1) is 0 Å². The van der Waals surface area contributed by atoms with Crippen LogP contribution in [0.4, 0.5) is 0 Å². The van der Waals surface area contributed by atoms with Crippen LogP contribution in [0.25, 0.3) is 0 Å². The quantitative estimate of drug-likeness (QED) is 0.865.